The Morgan fingerprint density at radius 1 is 0.231 bits per heavy atom. The average molecular weight is 1500 g/mol. The maximum absolute atomic E-state index is 8.15. The second-order valence-electron chi connectivity index (χ2n) is 33.8. The third-order valence-electron chi connectivity index (χ3n) is 24.9. The van der Waals surface area contributed by atoms with Gasteiger partial charge in [0.15, 0.2) is 0 Å². The summed E-state index contributed by atoms with van der Waals surface area (Å²) >= 11 is 0. The molecule has 5 heterocycles. The molecule has 0 atom stereocenters. The van der Waals surface area contributed by atoms with Crippen LogP contribution in [0.3, 0.4) is 0 Å². The minimum atomic E-state index is -0.358. The quantitative estimate of drug-likeness (QED) is 0.120. The molecule has 4 aliphatic heterocycles. The van der Waals surface area contributed by atoms with Gasteiger partial charge in [-0.1, -0.05) is 369 Å². The molecule has 117 heavy (non-hydrogen) atoms. The molecule has 0 aliphatic carbocycles. The van der Waals surface area contributed by atoms with E-state index in [0.29, 0.717) is 0 Å². The smallest absolute Gasteiger partial charge is 0.256 e. The van der Waals surface area contributed by atoms with Gasteiger partial charge in [-0.2, -0.15) is 0 Å². The second-order valence-corrected chi connectivity index (χ2v) is 33.8. The van der Waals surface area contributed by atoms with E-state index < -0.39 is 0 Å². The number of nitrogens with zero attached hydrogens (tertiary/aromatic N) is 4. The molecule has 18 aromatic rings. The summed E-state index contributed by atoms with van der Waals surface area (Å²) in [5, 5.41) is 2.43. The lowest BCUT2D eigenvalue weighted by atomic mass is 9.30. The van der Waals surface area contributed by atoms with Crippen LogP contribution in [0.25, 0.3) is 105 Å². The lowest BCUT2D eigenvalue weighted by molar-refractivity contribution is 0.483. The van der Waals surface area contributed by atoms with Crippen LogP contribution in [0.4, 0.5) is 51.2 Å². The fourth-order valence-corrected chi connectivity index (χ4v) is 19.4. The minimum Gasteiger partial charge on any atom is -0.458 e. The van der Waals surface area contributed by atoms with Crippen molar-refractivity contribution in [3.05, 3.63) is 399 Å². The van der Waals surface area contributed by atoms with E-state index in [1.165, 1.54) is 43.8 Å². The molecule has 7 heteroatoms. The van der Waals surface area contributed by atoms with Crippen molar-refractivity contribution in [1.82, 2.24) is 4.57 Å². The summed E-state index contributed by atoms with van der Waals surface area (Å²) in [4.78, 5) is 8.02. The fraction of sp³-hybridized carbons (Fsp3) is 0.0727. The highest BCUT2D eigenvalue weighted by atomic mass is 16.5. The third-order valence-corrected chi connectivity index (χ3v) is 24.9. The molecule has 17 aromatic carbocycles. The summed E-state index contributed by atoms with van der Waals surface area (Å²) in [6.45, 7) is 13.5. The van der Waals surface area contributed by atoms with E-state index in [1.807, 2.05) is 0 Å². The summed E-state index contributed by atoms with van der Waals surface area (Å²) in [6.07, 6.45) is 0. The average Bonchev–Trinajstić information content (AvgIpc) is 0.851. The van der Waals surface area contributed by atoms with Crippen molar-refractivity contribution in [3.63, 3.8) is 0 Å². The first-order valence-electron chi connectivity index (χ1n) is 41.0. The number of ether oxygens (including phenoxy) is 1. The van der Waals surface area contributed by atoms with Gasteiger partial charge >= 0.3 is 0 Å². The Morgan fingerprint density at radius 3 is 0.966 bits per heavy atom. The summed E-state index contributed by atoms with van der Waals surface area (Å²) in [7, 11) is 0. The van der Waals surface area contributed by atoms with E-state index in [0.717, 1.165) is 168 Å². The molecule has 0 saturated heterocycles. The van der Waals surface area contributed by atoms with Gasteiger partial charge in [-0.05, 0) is 154 Å². The van der Waals surface area contributed by atoms with Gasteiger partial charge in [0.05, 0.1) is 28.1 Å². The molecule has 0 amide bonds. The molecule has 554 valence electrons. The van der Waals surface area contributed by atoms with Crippen LogP contribution >= 0.6 is 0 Å². The number of fused-ring (bicyclic) bond motifs is 11. The highest BCUT2D eigenvalue weighted by Gasteiger charge is 2.50. The Bertz CT molecular complexity index is 6770. The van der Waals surface area contributed by atoms with E-state index in [-0.39, 0.29) is 24.3 Å². The molecular weight excluding hydrogens is 1410 g/mol. The molecule has 0 bridgehead atoms. The van der Waals surface area contributed by atoms with Crippen molar-refractivity contribution >= 4 is 119 Å². The topological polar surface area (TPSA) is 23.9 Å². The lowest BCUT2D eigenvalue weighted by Crippen LogP contribution is -2.64. The van der Waals surface area contributed by atoms with Crippen molar-refractivity contribution in [2.24, 2.45) is 0 Å². The van der Waals surface area contributed by atoms with Crippen LogP contribution in [-0.4, -0.2) is 18.0 Å². The lowest BCUT2D eigenvalue weighted by Gasteiger charge is -2.47. The third kappa shape index (κ3) is 11.3. The molecule has 0 unspecified atom stereocenters. The van der Waals surface area contributed by atoms with E-state index in [4.69, 9.17) is 4.74 Å². The molecule has 5 nitrogen and oxygen atoms in total. The molecule has 0 N–H and O–H groups in total. The number of anilines is 9. The summed E-state index contributed by atoms with van der Waals surface area (Å²) in [6, 6.07) is 146. The van der Waals surface area contributed by atoms with E-state index in [9.17, 15) is 0 Å². The summed E-state index contributed by atoms with van der Waals surface area (Å²) in [5.41, 5.74) is 37.9. The van der Waals surface area contributed by atoms with Gasteiger partial charge in [0.25, 0.3) is 13.4 Å². The van der Waals surface area contributed by atoms with Crippen LogP contribution < -0.4 is 52.2 Å². The van der Waals surface area contributed by atoms with Crippen molar-refractivity contribution < 1.29 is 4.74 Å². The van der Waals surface area contributed by atoms with Gasteiger partial charge in [-0.25, -0.2) is 0 Å². The van der Waals surface area contributed by atoms with E-state index >= 15 is 0 Å². The number of rotatable bonds is 11. The number of hydrogen-bond donors (Lipinski definition) is 0. The predicted molar refractivity (Wildman–Crippen MR) is 496 cm³/mol. The first-order chi connectivity index (χ1) is 57.4. The van der Waals surface area contributed by atoms with Gasteiger partial charge in [0.1, 0.15) is 11.5 Å². The van der Waals surface area contributed by atoms with Crippen LogP contribution in [0.15, 0.2) is 388 Å². The first kappa shape index (κ1) is 69.6. The van der Waals surface area contributed by atoms with Crippen molar-refractivity contribution in [2.75, 3.05) is 14.7 Å². The maximum Gasteiger partial charge on any atom is 0.256 e. The van der Waals surface area contributed by atoms with Crippen LogP contribution in [0.2, 0.25) is 0 Å². The largest absolute Gasteiger partial charge is 0.458 e. The van der Waals surface area contributed by atoms with Crippen LogP contribution in [0.1, 0.15) is 52.7 Å². The Labute approximate surface area is 685 Å². The number of benzene rings is 17. The van der Waals surface area contributed by atoms with Crippen molar-refractivity contribution in [1.29, 1.82) is 0 Å². The van der Waals surface area contributed by atoms with E-state index in [1.54, 1.807) is 0 Å². The van der Waals surface area contributed by atoms with Gasteiger partial charge in [-0.15, -0.1) is 0 Å². The summed E-state index contributed by atoms with van der Waals surface area (Å²) < 4.78 is 10.7. The Balaban J connectivity index is 0.894. The van der Waals surface area contributed by atoms with Gasteiger partial charge < -0.3 is 24.0 Å². The standard InChI is InChI=1S/C110H82B2N4O/c1-109(2,3)79-64-99-104-100(65-79)116(108-86(76-45-24-12-25-46-76)55-34-56-87(108)77-47-26-13-27-48-77)98-70-102-93(69-92(98)111(104)91-62-60-81(113-94-57-30-28-49-88(94)89-50-29-31-58-95(89)113)68-97(91)115(99)107-84(74-41-20-10-21-42-74)53-33-54-85(107)75-43-22-11-23-44-75)112-90-61-59-78(71-35-14-7-15-36-71)63-96(90)114(101-66-80(110(4,5)6)67-103(117-102)105(101)112)106-82(72-37-16-8-17-38-72)51-32-52-83(106)73-39-18-9-19-40-73/h7-70H,1-6H3. The number of hydrogen-bond acceptors (Lipinski definition) is 4. The molecule has 1 aromatic heterocycles. The minimum absolute atomic E-state index is 0.301. The molecule has 0 radical (unpaired) electrons. The molecule has 0 spiro atoms. The summed E-state index contributed by atoms with van der Waals surface area (Å²) in [5.74, 6) is 1.68. The SMILES string of the molecule is CC(C)(C)c1cc2c3c(c1)N(c1c(-c4ccccc4)cccc1-c1ccccc1)c1cc(-c4ccccc4)ccc1B3c1cc3c(cc1O2)N(c1c(-c2ccccc2)cccc1-c1ccccc1)c1cc(C(C)(C)C)cc2c1B3c1ccc(-n3c4ccccc4c4ccccc43)cc1N2c1c(-c2ccccc2)cccc1-c1ccccc1. The molecule has 22 rings (SSSR count). The van der Waals surface area contributed by atoms with Gasteiger partial charge in [0.2, 0.25) is 0 Å². The maximum atomic E-state index is 8.15. The van der Waals surface area contributed by atoms with Crippen molar-refractivity contribution in [2.45, 2.75) is 52.4 Å². The normalized spacial score (nSPS) is 13.0. The zero-order chi connectivity index (χ0) is 78.4. The number of aromatic nitrogens is 1. The molecule has 0 fully saturated rings. The number of para-hydroxylation sites is 5. The molecular formula is C110H82B2N4O. The predicted octanol–water partition coefficient (Wildman–Crippen LogP) is 25.5. The zero-order valence-corrected chi connectivity index (χ0v) is 66.3. The highest BCUT2D eigenvalue weighted by molar-refractivity contribution is 7.02. The first-order valence-corrected chi connectivity index (χ1v) is 41.0. The monoisotopic (exact) mass is 1500 g/mol. The Morgan fingerprint density at radius 2 is 0.564 bits per heavy atom. The van der Waals surface area contributed by atoms with Crippen LogP contribution in [0, 0.1) is 0 Å². The fourth-order valence-electron chi connectivity index (χ4n) is 19.4. The van der Waals surface area contributed by atoms with Gasteiger partial charge in [0, 0.05) is 90.0 Å². The zero-order valence-electron chi connectivity index (χ0n) is 66.3. The van der Waals surface area contributed by atoms with Crippen LogP contribution in [0.5, 0.6) is 11.5 Å². The Hall–Kier alpha value is -14.1. The highest BCUT2D eigenvalue weighted by Crippen LogP contribution is 2.57. The molecule has 0 saturated carbocycles. The Kier molecular flexibility index (Phi) is 16.2. The molecule has 4 aliphatic rings. The van der Waals surface area contributed by atoms with E-state index in [2.05, 4.69) is 449 Å². The van der Waals surface area contributed by atoms with Crippen LogP contribution in [-0.2, 0) is 10.8 Å². The van der Waals surface area contributed by atoms with Crippen molar-refractivity contribution in [3.8, 4) is 95.1 Å². The second kappa shape index (κ2) is 27.3. The van der Waals surface area contributed by atoms with Gasteiger partial charge in [-0.3, -0.25) is 0 Å².